The summed E-state index contributed by atoms with van der Waals surface area (Å²) >= 11 is 0. The average molecular weight is 1110 g/mol. The molecule has 0 aromatic heterocycles. The second kappa shape index (κ2) is 55.4. The molecule has 1 aromatic carbocycles. The van der Waals surface area contributed by atoms with Gasteiger partial charge in [-0.05, 0) is 91.2 Å². The molecule has 0 bridgehead atoms. The minimum absolute atomic E-state index is 0.0107. The number of ketones is 3. The molecule has 1 rings (SSSR count). The normalized spacial score (nSPS) is 13.2. The Kier molecular flexibility index (Phi) is 61.2. The lowest BCUT2D eigenvalue weighted by Crippen LogP contribution is -2.39. The number of likely N-dealkylation sites (N-methyl/N-ethyl adjacent to an activating group) is 4. The highest BCUT2D eigenvalue weighted by atomic mass is 33.1. The molecule has 15 N–H and O–H groups in total. The Hall–Kier alpha value is -3.39. The molecule has 0 aliphatic heterocycles. The van der Waals surface area contributed by atoms with Crippen LogP contribution >= 0.6 is 21.6 Å². The predicted octanol–water partition coefficient (Wildman–Crippen LogP) is 2.04. The van der Waals surface area contributed by atoms with Gasteiger partial charge in [-0.3, -0.25) is 28.8 Å². The van der Waals surface area contributed by atoms with Crippen LogP contribution in [0.5, 0.6) is 0 Å². The Morgan fingerprint density at radius 3 is 1.21 bits per heavy atom. The van der Waals surface area contributed by atoms with Crippen LogP contribution in [-0.2, 0) is 40.0 Å². The molecule has 0 saturated heterocycles. The number of nitrogens with one attached hydrogen (secondary N) is 6. The zero-order valence-electron chi connectivity index (χ0n) is 48.6. The topological polar surface area (TPSA) is 345 Å². The second-order valence-corrected chi connectivity index (χ2v) is 22.0. The van der Waals surface area contributed by atoms with Crippen molar-refractivity contribution in [3.8, 4) is 0 Å². The van der Waals surface area contributed by atoms with Crippen LogP contribution < -0.4 is 43.4 Å². The van der Waals surface area contributed by atoms with Crippen LogP contribution in [0.15, 0.2) is 30.3 Å². The molecule has 7 atom stereocenters. The minimum Gasteiger partial charge on any atom is -0.400 e. The van der Waals surface area contributed by atoms with Crippen LogP contribution in [0.1, 0.15) is 112 Å². The van der Waals surface area contributed by atoms with Gasteiger partial charge in [0.2, 0.25) is 17.7 Å². The first-order valence-corrected chi connectivity index (χ1v) is 28.0. The molecule has 0 aliphatic rings. The predicted molar refractivity (Wildman–Crippen MR) is 309 cm³/mol. The van der Waals surface area contributed by atoms with Gasteiger partial charge in [0.15, 0.2) is 17.3 Å². The van der Waals surface area contributed by atoms with Gasteiger partial charge in [-0.2, -0.15) is 0 Å². The molecule has 20 nitrogen and oxygen atoms in total. The number of amides is 3. The van der Waals surface area contributed by atoms with Crippen molar-refractivity contribution in [3.05, 3.63) is 35.9 Å². The summed E-state index contributed by atoms with van der Waals surface area (Å²) in [4.78, 5) is 80.5. The lowest BCUT2D eigenvalue weighted by atomic mass is 9.91. The van der Waals surface area contributed by atoms with E-state index >= 15 is 0 Å². The average Bonchev–Trinajstić information content (AvgIpc) is 3.39. The molecule has 0 spiro atoms. The summed E-state index contributed by atoms with van der Waals surface area (Å²) in [6.45, 7) is 16.6. The third-order valence-corrected chi connectivity index (χ3v) is 13.9. The molecule has 1 aromatic rings. The van der Waals surface area contributed by atoms with E-state index in [4.69, 9.17) is 31.3 Å². The monoisotopic (exact) mass is 1110 g/mol. The fourth-order valence-corrected chi connectivity index (χ4v) is 8.34. The lowest BCUT2D eigenvalue weighted by molar-refractivity contribution is -0.130. The Morgan fingerprint density at radius 2 is 0.973 bits per heavy atom. The van der Waals surface area contributed by atoms with Gasteiger partial charge in [-0.15, -0.1) is 0 Å². The number of hydrogen-bond donors (Lipinski definition) is 13. The largest absolute Gasteiger partial charge is 0.400 e. The van der Waals surface area contributed by atoms with Gasteiger partial charge in [-0.1, -0.05) is 107 Å². The molecule has 22 heteroatoms. The zero-order valence-corrected chi connectivity index (χ0v) is 50.3. The van der Waals surface area contributed by atoms with Crippen molar-refractivity contribution < 1.29 is 59.1 Å². The maximum Gasteiger partial charge on any atom is 0.223 e. The second-order valence-electron chi connectivity index (χ2n) is 18.6. The van der Waals surface area contributed by atoms with Crippen molar-refractivity contribution in [2.24, 2.45) is 41.1 Å². The van der Waals surface area contributed by atoms with E-state index in [9.17, 15) is 33.6 Å². The number of nitrogens with two attached hydrogens (primary N) is 2. The number of aliphatic hydroxyl groups excluding tert-OH is 5. The third kappa shape index (κ3) is 48.7. The molecule has 0 fully saturated rings. The fourth-order valence-electron chi connectivity index (χ4n) is 6.46. The van der Waals surface area contributed by atoms with E-state index in [2.05, 4.69) is 79.2 Å². The lowest BCUT2D eigenvalue weighted by Gasteiger charge is -2.20. The Morgan fingerprint density at radius 1 is 0.613 bits per heavy atom. The summed E-state index contributed by atoms with van der Waals surface area (Å²) < 4.78 is 0.431. The first-order chi connectivity index (χ1) is 35.4. The summed E-state index contributed by atoms with van der Waals surface area (Å²) in [5.41, 5.74) is 10.8. The first-order valence-electron chi connectivity index (χ1n) is 25.7. The van der Waals surface area contributed by atoms with Crippen molar-refractivity contribution in [2.45, 2.75) is 142 Å². The number of aliphatic hydroxyl groups is 5. The highest BCUT2D eigenvalue weighted by molar-refractivity contribution is 8.77. The van der Waals surface area contributed by atoms with Gasteiger partial charge in [0.25, 0.3) is 0 Å². The van der Waals surface area contributed by atoms with E-state index in [0.717, 1.165) is 25.5 Å². The third-order valence-electron chi connectivity index (χ3n) is 10.5. The Labute approximate surface area is 459 Å². The molecule has 0 heterocycles. The van der Waals surface area contributed by atoms with Gasteiger partial charge in [0, 0.05) is 88.5 Å². The minimum atomic E-state index is -0.560. The van der Waals surface area contributed by atoms with Crippen molar-refractivity contribution in [2.75, 3.05) is 88.6 Å². The molecule has 75 heavy (non-hydrogen) atoms. The number of primary amides is 1. The number of rotatable bonds is 32. The number of carbonyl (C=O) groups excluding carboxylic acids is 7. The first kappa shape index (κ1) is 82.9. The van der Waals surface area contributed by atoms with Crippen molar-refractivity contribution in [1.29, 1.82) is 0 Å². The molecule has 0 saturated carbocycles. The molecule has 3 amide bonds. The van der Waals surface area contributed by atoms with Crippen LogP contribution in [0, 0.1) is 29.6 Å². The van der Waals surface area contributed by atoms with E-state index in [1.165, 1.54) is 19.8 Å². The maximum atomic E-state index is 12.4. The Balaban J connectivity index is -0.000000204. The molecule has 0 unspecified atom stereocenters. The van der Waals surface area contributed by atoms with Crippen LogP contribution in [-0.4, -0.2) is 184 Å². The smallest absolute Gasteiger partial charge is 0.223 e. The van der Waals surface area contributed by atoms with Crippen molar-refractivity contribution in [3.63, 3.8) is 0 Å². The van der Waals surface area contributed by atoms with E-state index in [1.807, 2.05) is 65.8 Å². The van der Waals surface area contributed by atoms with Crippen LogP contribution in [0.4, 0.5) is 0 Å². The van der Waals surface area contributed by atoms with E-state index in [1.54, 1.807) is 35.2 Å². The standard InChI is InChI=1S/C16H24N2O3.C13H26N2O3.C12H24N2O3.C6H14S2.C4H9NO2.CH5N.CH4O/c1-17-14(10-12-6-4-3-5-7-12)15(20)11-13(8-9-19)16(21)18-2;1-9(2)7-11(14-3)12(17)8-10(5-6-16)13(18)15-4;1-8(2)6-10(14-3)11(16)7-9(4-5-15)12(13)17;1-5-7-8-6(2,3)4;1-5-4(2-6)3-7;2*1-2/h3-7,13-14,17,19H,8-11H2,1-2H3,(H,18,21);9-11,14,16H,5-8H2,1-4H3,(H,15,18);8-10,14-15H,4-7H2,1-3H3,(H2,13,17);5H2,1-4H3;2,4-5,7H,3H2,1H3;2H2,1H3;2H,1H3/t13-,14+;10-,11+;9-,10+;;4-;;/m111.1../s1. The van der Waals surface area contributed by atoms with E-state index in [0.29, 0.717) is 42.1 Å². The van der Waals surface area contributed by atoms with Crippen molar-refractivity contribution >= 4 is 62.9 Å². The van der Waals surface area contributed by atoms with Crippen LogP contribution in [0.25, 0.3) is 0 Å². The van der Waals surface area contributed by atoms with E-state index in [-0.39, 0.29) is 105 Å². The zero-order chi connectivity index (χ0) is 59.5. The maximum absolute atomic E-state index is 12.4. The quantitative estimate of drug-likeness (QED) is 0.0363. The van der Waals surface area contributed by atoms with Gasteiger partial charge in [0.05, 0.1) is 30.8 Å². The van der Waals surface area contributed by atoms with Crippen molar-refractivity contribution in [1.82, 2.24) is 31.9 Å². The molecular weight excluding hydrogens is 1000 g/mol. The number of carbonyl (C=O) groups is 7. The molecule has 0 aliphatic carbocycles. The number of Topliss-reactive ketones (excluding diaryl/α,β-unsaturated/α-hetero) is 3. The summed E-state index contributed by atoms with van der Waals surface area (Å²) in [5, 5.41) is 58.6. The number of aldehydes is 1. The van der Waals surface area contributed by atoms with Crippen LogP contribution in [0.2, 0.25) is 0 Å². The fraction of sp³-hybridized carbons (Fsp3) is 0.755. The Bertz CT molecular complexity index is 1560. The highest BCUT2D eigenvalue weighted by Gasteiger charge is 2.27. The van der Waals surface area contributed by atoms with Gasteiger partial charge < -0.3 is 73.7 Å². The van der Waals surface area contributed by atoms with Crippen LogP contribution in [0.3, 0.4) is 0 Å². The van der Waals surface area contributed by atoms with Gasteiger partial charge >= 0.3 is 0 Å². The summed E-state index contributed by atoms with van der Waals surface area (Å²) in [6.07, 6.45) is 4.05. The molecule has 442 valence electrons. The molecule has 0 radical (unpaired) electrons. The molecular formula is C53H106N8O12S2. The van der Waals surface area contributed by atoms with Gasteiger partial charge in [0.1, 0.15) is 6.29 Å². The SMILES string of the molecule is CCSSC(C)(C)C.CN.CNC(=O)[C@H](CCO)CC(=O)[C@H](CC(C)C)NC.CNC(=O)[C@H](CCO)CC(=O)[C@H](Cc1ccccc1)NC.CN[C@@H](CC(C)C)C(=O)C[C@@H](CCO)C(N)=O.CN[C@H](C=O)CO.CO. The van der Waals surface area contributed by atoms with Gasteiger partial charge in [-0.25, -0.2) is 0 Å². The number of hydrogen-bond acceptors (Lipinski definition) is 19. The highest BCUT2D eigenvalue weighted by Crippen LogP contribution is 2.34. The summed E-state index contributed by atoms with van der Waals surface area (Å²) in [5.74, 6) is -0.332. The van der Waals surface area contributed by atoms with E-state index < -0.39 is 23.7 Å². The summed E-state index contributed by atoms with van der Waals surface area (Å²) in [7, 11) is 16.3. The summed E-state index contributed by atoms with van der Waals surface area (Å²) in [6, 6.07) is 8.59. The number of benzene rings is 1.